The SMILES string of the molecule is OC(CN1CCCCCC1)Cn1c2ccc(I)cc2c2cc(I)ccc21. The van der Waals surface area contributed by atoms with Crippen molar-refractivity contribution in [3.63, 3.8) is 0 Å². The molecule has 1 aromatic heterocycles. The van der Waals surface area contributed by atoms with Crippen LogP contribution in [0.2, 0.25) is 0 Å². The molecule has 1 saturated heterocycles. The van der Waals surface area contributed by atoms with Crippen LogP contribution in [0.4, 0.5) is 0 Å². The van der Waals surface area contributed by atoms with Gasteiger partial charge in [0.15, 0.2) is 0 Å². The number of rotatable bonds is 4. The third-order valence-corrected chi connectivity index (χ3v) is 6.69. The number of fused-ring (bicyclic) bond motifs is 3. The lowest BCUT2D eigenvalue weighted by atomic mass is 10.2. The molecule has 1 unspecified atom stereocenters. The van der Waals surface area contributed by atoms with Crippen LogP contribution in [0.1, 0.15) is 25.7 Å². The second-order valence-corrected chi connectivity index (χ2v) is 9.79. The number of nitrogens with zero attached hydrogens (tertiary/aromatic N) is 2. The number of aliphatic hydroxyl groups excluding tert-OH is 1. The van der Waals surface area contributed by atoms with E-state index in [0.29, 0.717) is 6.54 Å². The summed E-state index contributed by atoms with van der Waals surface area (Å²) >= 11 is 4.75. The number of likely N-dealkylation sites (tertiary alicyclic amines) is 1. The van der Waals surface area contributed by atoms with Crippen molar-refractivity contribution in [1.82, 2.24) is 9.47 Å². The van der Waals surface area contributed by atoms with E-state index in [1.165, 1.54) is 54.6 Å². The summed E-state index contributed by atoms with van der Waals surface area (Å²) in [7, 11) is 0. The molecule has 1 atom stereocenters. The summed E-state index contributed by atoms with van der Waals surface area (Å²) in [6.07, 6.45) is 4.84. The van der Waals surface area contributed by atoms with E-state index in [1.807, 2.05) is 0 Å². The van der Waals surface area contributed by atoms with Crippen LogP contribution in [0.5, 0.6) is 0 Å². The van der Waals surface area contributed by atoms with E-state index >= 15 is 0 Å². The van der Waals surface area contributed by atoms with Crippen LogP contribution < -0.4 is 0 Å². The minimum atomic E-state index is -0.342. The van der Waals surface area contributed by atoms with Crippen LogP contribution >= 0.6 is 45.2 Å². The van der Waals surface area contributed by atoms with Crippen LogP contribution in [-0.4, -0.2) is 40.3 Å². The van der Waals surface area contributed by atoms with Gasteiger partial charge in [0.25, 0.3) is 0 Å². The lowest BCUT2D eigenvalue weighted by Gasteiger charge is -2.24. The highest BCUT2D eigenvalue weighted by Crippen LogP contribution is 2.31. The molecule has 0 radical (unpaired) electrons. The molecule has 1 aliphatic heterocycles. The first kappa shape index (κ1) is 19.0. The Balaban J connectivity index is 1.66. The van der Waals surface area contributed by atoms with Crippen molar-refractivity contribution in [2.24, 2.45) is 0 Å². The molecule has 0 bridgehead atoms. The number of aromatic nitrogens is 1. The molecule has 26 heavy (non-hydrogen) atoms. The molecule has 5 heteroatoms. The summed E-state index contributed by atoms with van der Waals surface area (Å²) in [6, 6.07) is 13.2. The molecule has 1 fully saturated rings. The fraction of sp³-hybridized carbons (Fsp3) is 0.429. The van der Waals surface area contributed by atoms with E-state index in [9.17, 15) is 5.11 Å². The van der Waals surface area contributed by atoms with Crippen LogP contribution in [0.3, 0.4) is 0 Å². The van der Waals surface area contributed by atoms with Gasteiger partial charge in [-0.1, -0.05) is 12.8 Å². The Morgan fingerprint density at radius 3 is 1.88 bits per heavy atom. The highest BCUT2D eigenvalue weighted by Gasteiger charge is 2.17. The van der Waals surface area contributed by atoms with Crippen molar-refractivity contribution < 1.29 is 5.11 Å². The van der Waals surface area contributed by atoms with Crippen molar-refractivity contribution in [3.8, 4) is 0 Å². The number of halogens is 2. The molecular weight excluding hydrogens is 550 g/mol. The van der Waals surface area contributed by atoms with Crippen LogP contribution in [0, 0.1) is 7.14 Å². The van der Waals surface area contributed by atoms with Gasteiger partial charge in [-0.25, -0.2) is 0 Å². The Bertz CT molecular complexity index is 854. The molecule has 0 aliphatic carbocycles. The van der Waals surface area contributed by atoms with Crippen molar-refractivity contribution in [2.75, 3.05) is 19.6 Å². The Hall–Kier alpha value is -0.380. The summed E-state index contributed by atoms with van der Waals surface area (Å²) in [5.41, 5.74) is 2.44. The second kappa shape index (κ2) is 8.32. The van der Waals surface area contributed by atoms with E-state index in [1.54, 1.807) is 0 Å². The van der Waals surface area contributed by atoms with Gasteiger partial charge in [-0.05, 0) is 108 Å². The van der Waals surface area contributed by atoms with Crippen molar-refractivity contribution in [3.05, 3.63) is 43.5 Å². The topological polar surface area (TPSA) is 28.4 Å². The standard InChI is InChI=1S/C21H24I2N2O/c22-15-5-7-20-18(11-15)19-12-16(23)6-8-21(19)25(20)14-17(26)13-24-9-3-1-2-4-10-24/h5-8,11-12,17,26H,1-4,9-10,13-14H2. The molecule has 2 aromatic carbocycles. The van der Waals surface area contributed by atoms with E-state index in [-0.39, 0.29) is 6.10 Å². The van der Waals surface area contributed by atoms with Gasteiger partial charge in [0, 0.05) is 35.5 Å². The quantitative estimate of drug-likeness (QED) is 0.432. The Labute approximate surface area is 182 Å². The second-order valence-electron chi connectivity index (χ2n) is 7.30. The maximum Gasteiger partial charge on any atom is 0.0845 e. The van der Waals surface area contributed by atoms with Crippen LogP contribution in [0.15, 0.2) is 36.4 Å². The van der Waals surface area contributed by atoms with Gasteiger partial charge in [-0.3, -0.25) is 0 Å². The van der Waals surface area contributed by atoms with Gasteiger partial charge in [-0.15, -0.1) is 0 Å². The van der Waals surface area contributed by atoms with Gasteiger partial charge in [-0.2, -0.15) is 0 Å². The zero-order valence-electron chi connectivity index (χ0n) is 14.8. The number of β-amino-alcohol motifs (C(OH)–C–C–N with tert-alkyl or cyclic N) is 1. The molecule has 3 nitrogen and oxygen atoms in total. The highest BCUT2D eigenvalue weighted by atomic mass is 127. The van der Waals surface area contributed by atoms with E-state index in [4.69, 9.17) is 0 Å². The largest absolute Gasteiger partial charge is 0.390 e. The molecule has 138 valence electrons. The predicted octanol–water partition coefficient (Wildman–Crippen LogP) is 5.24. The van der Waals surface area contributed by atoms with E-state index < -0.39 is 0 Å². The average molecular weight is 574 g/mol. The first-order valence-corrected chi connectivity index (χ1v) is 11.5. The van der Waals surface area contributed by atoms with Crippen LogP contribution in [0.25, 0.3) is 21.8 Å². The zero-order chi connectivity index (χ0) is 18.1. The lowest BCUT2D eigenvalue weighted by molar-refractivity contribution is 0.102. The molecule has 0 spiro atoms. The average Bonchev–Trinajstić information content (AvgIpc) is 2.77. The molecule has 2 heterocycles. The first-order valence-electron chi connectivity index (χ1n) is 9.39. The minimum Gasteiger partial charge on any atom is -0.390 e. The minimum absolute atomic E-state index is 0.342. The third-order valence-electron chi connectivity index (χ3n) is 5.35. The van der Waals surface area contributed by atoms with Crippen molar-refractivity contribution in [2.45, 2.75) is 38.3 Å². The van der Waals surface area contributed by atoms with E-state index in [2.05, 4.69) is 91.0 Å². The first-order chi connectivity index (χ1) is 12.6. The van der Waals surface area contributed by atoms with Crippen molar-refractivity contribution >= 4 is 67.0 Å². The molecule has 3 aromatic rings. The smallest absolute Gasteiger partial charge is 0.0845 e. The summed E-state index contributed by atoms with van der Waals surface area (Å²) in [4.78, 5) is 2.44. The number of aliphatic hydroxyl groups is 1. The molecular formula is C21H24I2N2O. The van der Waals surface area contributed by atoms with Gasteiger partial charge < -0.3 is 14.6 Å². The Morgan fingerprint density at radius 1 is 0.808 bits per heavy atom. The lowest BCUT2D eigenvalue weighted by Crippen LogP contribution is -2.35. The number of hydrogen-bond donors (Lipinski definition) is 1. The summed E-state index contributed by atoms with van der Waals surface area (Å²) in [5, 5.41) is 13.4. The number of hydrogen-bond acceptors (Lipinski definition) is 2. The molecule has 4 rings (SSSR count). The molecule has 0 amide bonds. The molecule has 0 saturated carbocycles. The van der Waals surface area contributed by atoms with E-state index in [0.717, 1.165) is 19.6 Å². The summed E-state index contributed by atoms with van der Waals surface area (Å²) < 4.78 is 4.80. The summed E-state index contributed by atoms with van der Waals surface area (Å²) in [6.45, 7) is 3.68. The third kappa shape index (κ3) is 4.05. The monoisotopic (exact) mass is 574 g/mol. The van der Waals surface area contributed by atoms with Gasteiger partial charge in [0.1, 0.15) is 0 Å². The van der Waals surface area contributed by atoms with Gasteiger partial charge in [0.05, 0.1) is 12.6 Å². The fourth-order valence-corrected chi connectivity index (χ4v) is 5.11. The van der Waals surface area contributed by atoms with Crippen LogP contribution in [-0.2, 0) is 6.54 Å². The normalized spacial score (nSPS) is 17.7. The molecule has 1 N–H and O–H groups in total. The van der Waals surface area contributed by atoms with Gasteiger partial charge in [0.2, 0.25) is 0 Å². The zero-order valence-corrected chi connectivity index (χ0v) is 19.1. The predicted molar refractivity (Wildman–Crippen MR) is 126 cm³/mol. The van der Waals surface area contributed by atoms with Gasteiger partial charge >= 0.3 is 0 Å². The maximum atomic E-state index is 10.8. The Morgan fingerprint density at radius 2 is 1.35 bits per heavy atom. The maximum absolute atomic E-state index is 10.8. The Kier molecular flexibility index (Phi) is 6.07. The fourth-order valence-electron chi connectivity index (χ4n) is 4.13. The highest BCUT2D eigenvalue weighted by molar-refractivity contribution is 14.1. The molecule has 1 aliphatic rings. The summed E-state index contributed by atoms with van der Waals surface area (Å²) in [5.74, 6) is 0. The number of benzene rings is 2. The van der Waals surface area contributed by atoms with Crippen molar-refractivity contribution in [1.29, 1.82) is 0 Å².